The molecular formula is C14H15BrN4O. The highest BCUT2D eigenvalue weighted by atomic mass is 79.9. The van der Waals surface area contributed by atoms with E-state index in [9.17, 15) is 4.79 Å². The second-order valence-electron chi connectivity index (χ2n) is 5.59. The Kier molecular flexibility index (Phi) is 2.82. The van der Waals surface area contributed by atoms with Crippen LogP contribution in [0.5, 0.6) is 0 Å². The molecule has 5 nitrogen and oxygen atoms in total. The number of carbonyl (C=O) groups is 1. The smallest absolute Gasteiger partial charge is 0.271 e. The van der Waals surface area contributed by atoms with Crippen LogP contribution in [0, 0.1) is 0 Å². The molecule has 2 fully saturated rings. The summed E-state index contributed by atoms with van der Waals surface area (Å²) in [7, 11) is 0. The molecule has 20 heavy (non-hydrogen) atoms. The monoisotopic (exact) mass is 334 g/mol. The average Bonchev–Trinajstić information content (AvgIpc) is 3.14. The Bertz CT molecular complexity index is 683. The van der Waals surface area contributed by atoms with Crippen LogP contribution >= 0.6 is 15.9 Å². The van der Waals surface area contributed by atoms with Crippen LogP contribution in [0.1, 0.15) is 29.8 Å². The van der Waals surface area contributed by atoms with E-state index >= 15 is 0 Å². The Morgan fingerprint density at radius 1 is 1.50 bits per heavy atom. The molecule has 6 heteroatoms. The fourth-order valence-corrected chi connectivity index (χ4v) is 3.74. The molecule has 2 aromatic rings. The van der Waals surface area contributed by atoms with E-state index in [1.54, 1.807) is 12.4 Å². The molecule has 4 heterocycles. The molecule has 104 valence electrons. The topological polar surface area (TPSA) is 58.4 Å². The lowest BCUT2D eigenvalue weighted by Crippen LogP contribution is -2.43. The van der Waals surface area contributed by atoms with Crippen LogP contribution in [-0.2, 0) is 0 Å². The van der Waals surface area contributed by atoms with Crippen LogP contribution < -0.4 is 10.6 Å². The van der Waals surface area contributed by atoms with Gasteiger partial charge >= 0.3 is 0 Å². The summed E-state index contributed by atoms with van der Waals surface area (Å²) in [5, 5.41) is 6.63. The Labute approximate surface area is 124 Å². The van der Waals surface area contributed by atoms with Gasteiger partial charge in [0.1, 0.15) is 5.69 Å². The zero-order valence-electron chi connectivity index (χ0n) is 10.8. The number of amides is 1. The molecule has 3 atom stereocenters. The molecular weight excluding hydrogens is 320 g/mol. The van der Waals surface area contributed by atoms with Crippen molar-refractivity contribution in [1.82, 2.24) is 20.0 Å². The zero-order chi connectivity index (χ0) is 13.7. The molecule has 0 aromatic carbocycles. The van der Waals surface area contributed by atoms with Crippen LogP contribution in [0.4, 0.5) is 0 Å². The Morgan fingerprint density at radius 3 is 3.15 bits per heavy atom. The molecule has 0 aliphatic carbocycles. The number of carbonyl (C=O) groups excluding carboxylic acids is 1. The Balaban J connectivity index is 1.54. The predicted molar refractivity (Wildman–Crippen MR) is 78.7 cm³/mol. The van der Waals surface area contributed by atoms with E-state index in [1.165, 1.54) is 6.42 Å². The fraction of sp³-hybridized carbons (Fsp3) is 0.429. The van der Waals surface area contributed by atoms with E-state index in [4.69, 9.17) is 0 Å². The van der Waals surface area contributed by atoms with Crippen molar-refractivity contribution in [3.05, 3.63) is 34.8 Å². The van der Waals surface area contributed by atoms with Gasteiger partial charge in [-0.25, -0.2) is 4.98 Å². The van der Waals surface area contributed by atoms with Gasteiger partial charge in [0.05, 0.1) is 11.7 Å². The molecule has 0 radical (unpaired) electrons. The summed E-state index contributed by atoms with van der Waals surface area (Å²) in [4.78, 5) is 16.6. The minimum Gasteiger partial charge on any atom is -0.346 e. The third kappa shape index (κ3) is 1.94. The molecule has 1 amide bonds. The van der Waals surface area contributed by atoms with Gasteiger partial charge in [-0.15, -0.1) is 0 Å². The fourth-order valence-electron chi connectivity index (χ4n) is 3.31. The molecule has 0 spiro atoms. The van der Waals surface area contributed by atoms with Gasteiger partial charge in [-0.05, 0) is 41.3 Å². The predicted octanol–water partition coefficient (Wildman–Crippen LogP) is 1.72. The quantitative estimate of drug-likeness (QED) is 0.879. The van der Waals surface area contributed by atoms with Crippen molar-refractivity contribution in [2.45, 2.75) is 37.4 Å². The lowest BCUT2D eigenvalue weighted by atomic mass is 9.95. The molecule has 0 unspecified atom stereocenters. The highest BCUT2D eigenvalue weighted by Gasteiger charge is 2.39. The molecule has 2 aliphatic rings. The first kappa shape index (κ1) is 12.3. The van der Waals surface area contributed by atoms with Crippen LogP contribution in [0.25, 0.3) is 5.52 Å². The first-order valence-corrected chi connectivity index (χ1v) is 7.69. The number of hydrogen-bond acceptors (Lipinski definition) is 3. The molecule has 2 bridgehead atoms. The van der Waals surface area contributed by atoms with Crippen LogP contribution in [0.3, 0.4) is 0 Å². The van der Waals surface area contributed by atoms with E-state index in [0.717, 1.165) is 22.8 Å². The maximum atomic E-state index is 12.3. The molecule has 0 saturated carbocycles. The van der Waals surface area contributed by atoms with Crippen molar-refractivity contribution in [2.24, 2.45) is 0 Å². The summed E-state index contributed by atoms with van der Waals surface area (Å²) in [6, 6.07) is 3.21. The first-order valence-electron chi connectivity index (χ1n) is 6.90. The van der Waals surface area contributed by atoms with Crippen LogP contribution in [-0.4, -0.2) is 33.4 Å². The number of aromatic nitrogens is 2. The van der Waals surface area contributed by atoms with Crippen molar-refractivity contribution < 1.29 is 4.79 Å². The van der Waals surface area contributed by atoms with E-state index in [-0.39, 0.29) is 11.9 Å². The minimum atomic E-state index is -0.0870. The lowest BCUT2D eigenvalue weighted by Gasteiger charge is -2.21. The highest BCUT2D eigenvalue weighted by Crippen LogP contribution is 2.28. The van der Waals surface area contributed by atoms with Gasteiger partial charge in [-0.3, -0.25) is 4.79 Å². The number of halogens is 1. The summed E-state index contributed by atoms with van der Waals surface area (Å²) >= 11 is 3.45. The zero-order valence-corrected chi connectivity index (χ0v) is 12.4. The van der Waals surface area contributed by atoms with Crippen molar-refractivity contribution >= 4 is 27.4 Å². The summed E-state index contributed by atoms with van der Waals surface area (Å²) in [5.41, 5.74) is 1.42. The van der Waals surface area contributed by atoms with Gasteiger partial charge in [-0.2, -0.15) is 0 Å². The maximum absolute atomic E-state index is 12.3. The summed E-state index contributed by atoms with van der Waals surface area (Å²) < 4.78 is 2.89. The third-order valence-corrected chi connectivity index (χ3v) is 5.01. The van der Waals surface area contributed by atoms with Gasteiger partial charge < -0.3 is 15.0 Å². The molecule has 4 rings (SSSR count). The normalized spacial score (nSPS) is 28.1. The minimum absolute atomic E-state index is 0.0870. The Morgan fingerprint density at radius 2 is 2.40 bits per heavy atom. The summed E-state index contributed by atoms with van der Waals surface area (Å²) in [6.45, 7) is 0. The molecule has 2 aromatic heterocycles. The Hall–Kier alpha value is -1.40. The molecule has 2 saturated heterocycles. The number of nitrogens with one attached hydrogen (secondary N) is 2. The number of fused-ring (bicyclic) bond motifs is 3. The molecule has 2 aliphatic heterocycles. The second-order valence-corrected chi connectivity index (χ2v) is 6.45. The van der Waals surface area contributed by atoms with Gasteiger partial charge in [0, 0.05) is 35.0 Å². The molecule has 2 N–H and O–H groups in total. The van der Waals surface area contributed by atoms with Gasteiger partial charge in [0.15, 0.2) is 0 Å². The van der Waals surface area contributed by atoms with Crippen molar-refractivity contribution in [3.63, 3.8) is 0 Å². The summed E-state index contributed by atoms with van der Waals surface area (Å²) in [5.74, 6) is -0.0870. The van der Waals surface area contributed by atoms with Gasteiger partial charge in [-0.1, -0.05) is 0 Å². The standard InChI is InChI=1S/C14H15BrN4O/c15-9-3-4-19-7-12(16-6-13(9)19)14(20)18-11-5-8-1-2-10(11)17-8/h3-4,6-8,10-11,17H,1-2,5H2,(H,18,20)/t8-,10+,11-/m1/s1. The third-order valence-electron chi connectivity index (χ3n) is 4.34. The van der Waals surface area contributed by atoms with Gasteiger partial charge in [0.2, 0.25) is 0 Å². The van der Waals surface area contributed by atoms with Crippen molar-refractivity contribution in [1.29, 1.82) is 0 Å². The lowest BCUT2D eigenvalue weighted by molar-refractivity contribution is 0.0925. The maximum Gasteiger partial charge on any atom is 0.271 e. The average molecular weight is 335 g/mol. The van der Waals surface area contributed by atoms with E-state index in [1.807, 2.05) is 16.7 Å². The number of hydrogen-bond donors (Lipinski definition) is 2. The van der Waals surface area contributed by atoms with E-state index in [0.29, 0.717) is 17.8 Å². The van der Waals surface area contributed by atoms with Crippen molar-refractivity contribution in [2.75, 3.05) is 0 Å². The number of nitrogens with zero attached hydrogens (tertiary/aromatic N) is 2. The largest absolute Gasteiger partial charge is 0.346 e. The van der Waals surface area contributed by atoms with Crippen LogP contribution in [0.15, 0.2) is 29.1 Å². The number of rotatable bonds is 2. The highest BCUT2D eigenvalue weighted by molar-refractivity contribution is 9.10. The van der Waals surface area contributed by atoms with Gasteiger partial charge in [0.25, 0.3) is 5.91 Å². The SMILES string of the molecule is O=C(N[C@@H]1C[C@H]2CC[C@@H]1N2)c1cn2ccc(Br)c2cn1. The first-order chi connectivity index (χ1) is 9.70. The van der Waals surface area contributed by atoms with E-state index < -0.39 is 0 Å². The van der Waals surface area contributed by atoms with Crippen molar-refractivity contribution in [3.8, 4) is 0 Å². The summed E-state index contributed by atoms with van der Waals surface area (Å²) in [6.07, 6.45) is 8.84. The second kappa shape index (κ2) is 4.56. The van der Waals surface area contributed by atoms with E-state index in [2.05, 4.69) is 31.5 Å². The van der Waals surface area contributed by atoms with Crippen LogP contribution in [0.2, 0.25) is 0 Å².